The van der Waals surface area contributed by atoms with Gasteiger partial charge in [-0.25, -0.2) is 0 Å². The van der Waals surface area contributed by atoms with Crippen LogP contribution in [-0.2, 0) is 11.2 Å². The van der Waals surface area contributed by atoms with Gasteiger partial charge in [0.15, 0.2) is 0 Å². The van der Waals surface area contributed by atoms with E-state index in [1.165, 1.54) is 0 Å². The number of aromatic nitrogens is 2. The van der Waals surface area contributed by atoms with Crippen LogP contribution >= 0.6 is 0 Å². The highest BCUT2D eigenvalue weighted by Crippen LogP contribution is 2.25. The van der Waals surface area contributed by atoms with Crippen LogP contribution in [0.15, 0.2) is 12.4 Å². The van der Waals surface area contributed by atoms with Gasteiger partial charge >= 0.3 is 7.12 Å². The SMILES string of the molecule is CCn1cc(B(O)OC(C)(C)C(C)(C)O)cn1. The minimum atomic E-state index is -1.09. The highest BCUT2D eigenvalue weighted by molar-refractivity contribution is 6.59. The Morgan fingerprint density at radius 2 is 2.00 bits per heavy atom. The Kier molecular flexibility index (Phi) is 4.01. The van der Waals surface area contributed by atoms with E-state index in [1.807, 2.05) is 6.92 Å². The summed E-state index contributed by atoms with van der Waals surface area (Å²) >= 11 is 0. The molecule has 0 atom stereocenters. The zero-order valence-corrected chi connectivity index (χ0v) is 11.1. The molecule has 0 amide bonds. The first-order valence-corrected chi connectivity index (χ1v) is 5.78. The Morgan fingerprint density at radius 3 is 2.41 bits per heavy atom. The summed E-state index contributed by atoms with van der Waals surface area (Å²) in [6, 6.07) is 0. The molecule has 1 rings (SSSR count). The summed E-state index contributed by atoms with van der Waals surface area (Å²) < 4.78 is 7.21. The number of aryl methyl sites for hydroxylation is 1. The minimum Gasteiger partial charge on any atom is -0.423 e. The Morgan fingerprint density at radius 1 is 1.41 bits per heavy atom. The van der Waals surface area contributed by atoms with Gasteiger partial charge in [-0.3, -0.25) is 4.68 Å². The third-order valence-electron chi connectivity index (χ3n) is 3.14. The van der Waals surface area contributed by atoms with Crippen molar-refractivity contribution in [3.8, 4) is 0 Å². The van der Waals surface area contributed by atoms with Gasteiger partial charge in [0.2, 0.25) is 0 Å². The van der Waals surface area contributed by atoms with E-state index in [9.17, 15) is 10.1 Å². The first-order chi connectivity index (χ1) is 7.67. The minimum absolute atomic E-state index is 0.587. The molecule has 1 aromatic rings. The van der Waals surface area contributed by atoms with Gasteiger partial charge in [0.1, 0.15) is 0 Å². The molecule has 0 spiro atoms. The second-order valence-electron chi connectivity index (χ2n) is 5.17. The molecular formula is C11H21BN2O3. The van der Waals surface area contributed by atoms with E-state index in [1.54, 1.807) is 44.8 Å². The maximum Gasteiger partial charge on any atom is 0.494 e. The molecular weight excluding hydrogens is 219 g/mol. The zero-order chi connectivity index (χ0) is 13.3. The number of nitrogens with zero attached hydrogens (tertiary/aromatic N) is 2. The van der Waals surface area contributed by atoms with Gasteiger partial charge in [-0.15, -0.1) is 0 Å². The van der Waals surface area contributed by atoms with Crippen molar-refractivity contribution in [3.63, 3.8) is 0 Å². The van der Waals surface area contributed by atoms with Crippen LogP contribution < -0.4 is 5.46 Å². The first-order valence-electron chi connectivity index (χ1n) is 5.78. The van der Waals surface area contributed by atoms with Crippen molar-refractivity contribution in [1.29, 1.82) is 0 Å². The van der Waals surface area contributed by atoms with Gasteiger partial charge in [-0.05, 0) is 34.6 Å². The van der Waals surface area contributed by atoms with Crippen molar-refractivity contribution in [2.45, 2.75) is 52.4 Å². The molecule has 17 heavy (non-hydrogen) atoms. The number of aliphatic hydroxyl groups is 1. The first kappa shape index (κ1) is 14.2. The number of rotatable bonds is 5. The summed E-state index contributed by atoms with van der Waals surface area (Å²) in [5.41, 5.74) is -1.32. The van der Waals surface area contributed by atoms with Crippen molar-refractivity contribution in [2.75, 3.05) is 0 Å². The lowest BCUT2D eigenvalue weighted by molar-refractivity contribution is -0.0982. The predicted molar refractivity (Wildman–Crippen MR) is 67.0 cm³/mol. The molecule has 2 N–H and O–H groups in total. The molecule has 0 aromatic carbocycles. The quantitative estimate of drug-likeness (QED) is 0.719. The fraction of sp³-hybridized carbons (Fsp3) is 0.727. The summed E-state index contributed by atoms with van der Waals surface area (Å²) in [6.45, 7) is 9.47. The Bertz CT molecular complexity index is 371. The van der Waals surface area contributed by atoms with Crippen LogP contribution in [0.25, 0.3) is 0 Å². The van der Waals surface area contributed by atoms with Crippen LogP contribution in [0.3, 0.4) is 0 Å². The van der Waals surface area contributed by atoms with Crippen molar-refractivity contribution >= 4 is 12.6 Å². The topological polar surface area (TPSA) is 67.5 Å². The molecule has 0 aliphatic heterocycles. The average molecular weight is 240 g/mol. The van der Waals surface area contributed by atoms with E-state index >= 15 is 0 Å². The lowest BCUT2D eigenvalue weighted by atomic mass is 9.78. The molecule has 0 saturated heterocycles. The average Bonchev–Trinajstić information content (AvgIpc) is 2.63. The Balaban J connectivity index is 2.75. The maximum absolute atomic E-state index is 9.94. The van der Waals surface area contributed by atoms with Crippen molar-refractivity contribution in [3.05, 3.63) is 12.4 Å². The fourth-order valence-electron chi connectivity index (χ4n) is 1.17. The maximum atomic E-state index is 9.94. The molecule has 5 nitrogen and oxygen atoms in total. The van der Waals surface area contributed by atoms with Crippen LogP contribution in [0, 0.1) is 0 Å². The van der Waals surface area contributed by atoms with Gasteiger partial charge in [-0.1, -0.05) is 0 Å². The number of hydrogen-bond donors (Lipinski definition) is 2. The largest absolute Gasteiger partial charge is 0.494 e. The summed E-state index contributed by atoms with van der Waals surface area (Å²) in [4.78, 5) is 0. The van der Waals surface area contributed by atoms with E-state index in [0.29, 0.717) is 5.46 Å². The molecule has 96 valence electrons. The molecule has 0 bridgehead atoms. The Labute approximate surface area is 103 Å². The second kappa shape index (κ2) is 4.80. The van der Waals surface area contributed by atoms with Gasteiger partial charge in [-0.2, -0.15) is 5.10 Å². The van der Waals surface area contributed by atoms with Crippen LogP contribution in [0.4, 0.5) is 0 Å². The molecule has 0 fully saturated rings. The smallest absolute Gasteiger partial charge is 0.423 e. The summed E-state index contributed by atoms with van der Waals surface area (Å²) in [5, 5.41) is 23.9. The fourth-order valence-corrected chi connectivity index (χ4v) is 1.17. The molecule has 6 heteroatoms. The summed E-state index contributed by atoms with van der Waals surface area (Å²) in [6.07, 6.45) is 3.29. The van der Waals surface area contributed by atoms with Gasteiger partial charge < -0.3 is 14.8 Å². The Hall–Kier alpha value is -0.845. The summed E-state index contributed by atoms with van der Waals surface area (Å²) in [7, 11) is -1.09. The standard InChI is InChI=1S/C11H21BN2O3/c1-6-14-8-9(7-13-14)12(16)17-11(4,5)10(2,3)15/h7-8,15-16H,6H2,1-5H3. The van der Waals surface area contributed by atoms with Crippen molar-refractivity contribution in [1.82, 2.24) is 9.78 Å². The molecule has 0 aliphatic rings. The highest BCUT2D eigenvalue weighted by atomic mass is 16.5. The van der Waals surface area contributed by atoms with Gasteiger partial charge in [0, 0.05) is 24.4 Å². The normalized spacial score (nSPS) is 12.9. The molecule has 1 heterocycles. The van der Waals surface area contributed by atoms with Gasteiger partial charge in [0.05, 0.1) is 11.2 Å². The van der Waals surface area contributed by atoms with Crippen molar-refractivity contribution < 1.29 is 14.8 Å². The van der Waals surface area contributed by atoms with Gasteiger partial charge in [0.25, 0.3) is 0 Å². The van der Waals surface area contributed by atoms with E-state index in [4.69, 9.17) is 4.65 Å². The summed E-state index contributed by atoms with van der Waals surface area (Å²) in [5.74, 6) is 0. The monoisotopic (exact) mass is 240 g/mol. The van der Waals surface area contributed by atoms with Crippen LogP contribution in [-0.4, -0.2) is 38.2 Å². The molecule has 0 aliphatic carbocycles. The van der Waals surface area contributed by atoms with E-state index in [-0.39, 0.29) is 0 Å². The number of hydrogen-bond acceptors (Lipinski definition) is 4. The third-order valence-corrected chi connectivity index (χ3v) is 3.14. The van der Waals surface area contributed by atoms with E-state index in [2.05, 4.69) is 5.10 Å². The highest BCUT2D eigenvalue weighted by Gasteiger charge is 2.39. The second-order valence-corrected chi connectivity index (χ2v) is 5.17. The third kappa shape index (κ3) is 3.31. The predicted octanol–water partition coefficient (Wildman–Crippen LogP) is 0.157. The molecule has 0 radical (unpaired) electrons. The lowest BCUT2D eigenvalue weighted by Crippen LogP contribution is -2.53. The van der Waals surface area contributed by atoms with E-state index < -0.39 is 18.3 Å². The molecule has 1 aromatic heterocycles. The van der Waals surface area contributed by atoms with Crippen LogP contribution in [0.5, 0.6) is 0 Å². The van der Waals surface area contributed by atoms with Crippen LogP contribution in [0.1, 0.15) is 34.6 Å². The molecule has 0 unspecified atom stereocenters. The van der Waals surface area contributed by atoms with Crippen LogP contribution in [0.2, 0.25) is 0 Å². The zero-order valence-electron chi connectivity index (χ0n) is 11.1. The van der Waals surface area contributed by atoms with E-state index in [0.717, 1.165) is 6.54 Å². The molecule has 0 saturated carbocycles. The van der Waals surface area contributed by atoms with Crippen molar-refractivity contribution in [2.24, 2.45) is 0 Å². The lowest BCUT2D eigenvalue weighted by Gasteiger charge is -2.38.